The van der Waals surface area contributed by atoms with Crippen molar-refractivity contribution in [1.29, 1.82) is 0 Å². The van der Waals surface area contributed by atoms with Crippen molar-refractivity contribution in [2.24, 2.45) is 7.05 Å². The Morgan fingerprint density at radius 2 is 1.86 bits per heavy atom. The molecule has 1 aromatic rings. The molecule has 0 aromatic carbocycles. The molecule has 1 rings (SSSR count). The molecule has 0 atom stereocenters. The topological polar surface area (TPSA) is 29.9 Å². The Balaban J connectivity index is 2.84. The number of hydrogen-bond donors (Lipinski definition) is 1. The first-order chi connectivity index (χ1) is 6.60. The van der Waals surface area contributed by atoms with Gasteiger partial charge >= 0.3 is 0 Å². The smallest absolute Gasteiger partial charge is 0.0827 e. The van der Waals surface area contributed by atoms with Crippen molar-refractivity contribution in [3.05, 3.63) is 11.4 Å². The zero-order chi connectivity index (χ0) is 10.7. The van der Waals surface area contributed by atoms with Gasteiger partial charge in [0, 0.05) is 13.1 Å². The summed E-state index contributed by atoms with van der Waals surface area (Å²) >= 11 is 0. The van der Waals surface area contributed by atoms with Crippen molar-refractivity contribution in [2.45, 2.75) is 46.6 Å². The van der Waals surface area contributed by atoms with Crippen molar-refractivity contribution in [1.82, 2.24) is 9.78 Å². The van der Waals surface area contributed by atoms with E-state index in [1.165, 1.54) is 11.4 Å². The minimum Gasteiger partial charge on any atom is -0.379 e. The summed E-state index contributed by atoms with van der Waals surface area (Å²) in [5.41, 5.74) is 3.52. The van der Waals surface area contributed by atoms with Gasteiger partial charge in [0.1, 0.15) is 0 Å². The Morgan fingerprint density at radius 3 is 2.21 bits per heavy atom. The lowest BCUT2D eigenvalue weighted by Crippen LogP contribution is -2.17. The summed E-state index contributed by atoms with van der Waals surface area (Å²) in [5, 5.41) is 7.94. The zero-order valence-electron chi connectivity index (χ0n) is 9.89. The molecular formula is C11H21N3. The first-order valence-electron chi connectivity index (χ1n) is 5.36. The van der Waals surface area contributed by atoms with Gasteiger partial charge in [-0.1, -0.05) is 13.8 Å². The van der Waals surface area contributed by atoms with E-state index >= 15 is 0 Å². The Labute approximate surface area is 86.5 Å². The number of nitrogens with one attached hydrogen (secondary N) is 1. The van der Waals surface area contributed by atoms with Crippen LogP contribution < -0.4 is 5.32 Å². The molecule has 1 heterocycles. The van der Waals surface area contributed by atoms with E-state index in [1.807, 2.05) is 11.7 Å². The number of hydrogen-bond acceptors (Lipinski definition) is 2. The van der Waals surface area contributed by atoms with Gasteiger partial charge in [-0.15, -0.1) is 0 Å². The van der Waals surface area contributed by atoms with Crippen molar-refractivity contribution < 1.29 is 0 Å². The predicted octanol–water partition coefficient (Wildman–Crippen LogP) is 2.64. The molecule has 0 saturated carbocycles. The highest BCUT2D eigenvalue weighted by Gasteiger charge is 2.11. The van der Waals surface area contributed by atoms with E-state index in [-0.39, 0.29) is 0 Å². The Bertz CT molecular complexity index is 298. The maximum absolute atomic E-state index is 4.39. The molecule has 0 spiro atoms. The molecule has 0 aliphatic carbocycles. The van der Waals surface area contributed by atoms with Crippen LogP contribution in [0.2, 0.25) is 0 Å². The third kappa shape index (κ3) is 2.08. The van der Waals surface area contributed by atoms with Crippen LogP contribution in [0.4, 0.5) is 5.69 Å². The molecule has 3 nitrogen and oxygen atoms in total. The van der Waals surface area contributed by atoms with Gasteiger partial charge in [-0.3, -0.25) is 4.68 Å². The fourth-order valence-electron chi connectivity index (χ4n) is 1.68. The summed E-state index contributed by atoms with van der Waals surface area (Å²) in [6.45, 7) is 8.58. The Kier molecular flexibility index (Phi) is 3.55. The quantitative estimate of drug-likeness (QED) is 0.800. The molecule has 1 N–H and O–H groups in total. The fourth-order valence-corrected chi connectivity index (χ4v) is 1.68. The van der Waals surface area contributed by atoms with Crippen LogP contribution in [0.1, 0.15) is 38.1 Å². The molecular weight excluding hydrogens is 174 g/mol. The highest BCUT2D eigenvalue weighted by molar-refractivity contribution is 5.52. The van der Waals surface area contributed by atoms with Crippen LogP contribution in [0.15, 0.2) is 0 Å². The lowest BCUT2D eigenvalue weighted by atomic mass is 10.1. The molecule has 0 unspecified atom stereocenters. The normalized spacial score (nSPS) is 11.0. The molecule has 1 aromatic heterocycles. The fraction of sp³-hybridized carbons (Fsp3) is 0.727. The van der Waals surface area contributed by atoms with Crippen LogP contribution in [0.3, 0.4) is 0 Å². The minimum absolute atomic E-state index is 0.566. The minimum atomic E-state index is 0.566. The lowest BCUT2D eigenvalue weighted by Gasteiger charge is -2.16. The molecule has 0 fully saturated rings. The molecule has 0 radical (unpaired) electrons. The summed E-state index contributed by atoms with van der Waals surface area (Å²) < 4.78 is 1.93. The predicted molar refractivity (Wildman–Crippen MR) is 60.7 cm³/mol. The molecule has 0 amide bonds. The summed E-state index contributed by atoms with van der Waals surface area (Å²) in [6, 6.07) is 0.566. The van der Waals surface area contributed by atoms with Crippen molar-refractivity contribution in [3.8, 4) is 0 Å². The highest BCUT2D eigenvalue weighted by atomic mass is 15.3. The maximum Gasteiger partial charge on any atom is 0.0827 e. The molecule has 0 aliphatic rings. The molecule has 14 heavy (non-hydrogen) atoms. The van der Waals surface area contributed by atoms with Crippen LogP contribution in [0.5, 0.6) is 0 Å². The van der Waals surface area contributed by atoms with E-state index in [2.05, 4.69) is 38.1 Å². The van der Waals surface area contributed by atoms with Crippen molar-refractivity contribution >= 4 is 5.69 Å². The average Bonchev–Trinajstić information content (AvgIpc) is 2.40. The molecule has 0 aliphatic heterocycles. The maximum atomic E-state index is 4.39. The van der Waals surface area contributed by atoms with E-state index in [0.29, 0.717) is 6.04 Å². The largest absolute Gasteiger partial charge is 0.379 e. The van der Waals surface area contributed by atoms with Crippen LogP contribution in [-0.4, -0.2) is 15.8 Å². The monoisotopic (exact) mass is 195 g/mol. The third-order valence-corrected chi connectivity index (χ3v) is 2.84. The van der Waals surface area contributed by atoms with E-state index in [9.17, 15) is 0 Å². The Morgan fingerprint density at radius 1 is 1.29 bits per heavy atom. The summed E-state index contributed by atoms with van der Waals surface area (Å²) in [7, 11) is 1.99. The van der Waals surface area contributed by atoms with Gasteiger partial charge < -0.3 is 5.32 Å². The van der Waals surface area contributed by atoms with Crippen LogP contribution >= 0.6 is 0 Å². The van der Waals surface area contributed by atoms with E-state index in [0.717, 1.165) is 18.5 Å². The van der Waals surface area contributed by atoms with Crippen LogP contribution in [0, 0.1) is 13.8 Å². The number of aromatic nitrogens is 2. The van der Waals surface area contributed by atoms with Gasteiger partial charge in [0.25, 0.3) is 0 Å². The summed E-state index contributed by atoms with van der Waals surface area (Å²) in [6.07, 6.45) is 2.31. The second kappa shape index (κ2) is 4.49. The van der Waals surface area contributed by atoms with Crippen LogP contribution in [0.25, 0.3) is 0 Å². The average molecular weight is 195 g/mol. The van der Waals surface area contributed by atoms with Gasteiger partial charge in [0.15, 0.2) is 0 Å². The second-order valence-corrected chi connectivity index (χ2v) is 3.83. The molecule has 0 bridgehead atoms. The lowest BCUT2D eigenvalue weighted by molar-refractivity contribution is 0.670. The van der Waals surface area contributed by atoms with E-state index in [1.54, 1.807) is 0 Å². The number of rotatable bonds is 4. The van der Waals surface area contributed by atoms with Crippen molar-refractivity contribution in [3.63, 3.8) is 0 Å². The van der Waals surface area contributed by atoms with Gasteiger partial charge in [0.2, 0.25) is 0 Å². The van der Waals surface area contributed by atoms with E-state index in [4.69, 9.17) is 0 Å². The van der Waals surface area contributed by atoms with E-state index < -0.39 is 0 Å². The first kappa shape index (κ1) is 11.1. The highest BCUT2D eigenvalue weighted by Crippen LogP contribution is 2.20. The first-order valence-corrected chi connectivity index (χ1v) is 5.36. The second-order valence-electron chi connectivity index (χ2n) is 3.83. The SMILES string of the molecule is CCC(CC)Nc1c(C)nn(C)c1C. The molecule has 0 saturated heterocycles. The standard InChI is InChI=1S/C11H21N3/c1-6-10(7-2)12-11-8(3)13-14(5)9(11)4/h10,12H,6-7H2,1-5H3. The summed E-state index contributed by atoms with van der Waals surface area (Å²) in [5.74, 6) is 0. The van der Waals surface area contributed by atoms with Gasteiger partial charge in [0.05, 0.1) is 17.1 Å². The van der Waals surface area contributed by atoms with Gasteiger partial charge in [-0.05, 0) is 26.7 Å². The molecule has 3 heteroatoms. The zero-order valence-corrected chi connectivity index (χ0v) is 9.89. The number of nitrogens with zero attached hydrogens (tertiary/aromatic N) is 2. The Hall–Kier alpha value is -0.990. The molecule has 80 valence electrons. The van der Waals surface area contributed by atoms with Gasteiger partial charge in [-0.25, -0.2) is 0 Å². The third-order valence-electron chi connectivity index (χ3n) is 2.84. The number of aryl methyl sites for hydroxylation is 2. The van der Waals surface area contributed by atoms with Gasteiger partial charge in [-0.2, -0.15) is 5.10 Å². The summed E-state index contributed by atoms with van der Waals surface area (Å²) in [4.78, 5) is 0. The number of anilines is 1. The van der Waals surface area contributed by atoms with Crippen LogP contribution in [-0.2, 0) is 7.05 Å². The van der Waals surface area contributed by atoms with Crippen molar-refractivity contribution in [2.75, 3.05) is 5.32 Å².